The summed E-state index contributed by atoms with van der Waals surface area (Å²) in [6.07, 6.45) is 6.40. The van der Waals surface area contributed by atoms with Crippen molar-refractivity contribution in [3.63, 3.8) is 0 Å². The third kappa shape index (κ3) is 6.19. The van der Waals surface area contributed by atoms with Gasteiger partial charge >= 0.3 is 0 Å². The quantitative estimate of drug-likeness (QED) is 0.514. The van der Waals surface area contributed by atoms with E-state index in [0.717, 1.165) is 0 Å². The zero-order valence-corrected chi connectivity index (χ0v) is 10.4. The van der Waals surface area contributed by atoms with E-state index in [0.29, 0.717) is 0 Å². The van der Waals surface area contributed by atoms with Gasteiger partial charge in [0.1, 0.15) is 0 Å². The Morgan fingerprint density at radius 1 is 1.00 bits per heavy atom. The van der Waals surface area contributed by atoms with Crippen molar-refractivity contribution < 1.29 is 0 Å². The van der Waals surface area contributed by atoms with Gasteiger partial charge in [-0.2, -0.15) is 0 Å². The van der Waals surface area contributed by atoms with Crippen LogP contribution in [0.15, 0.2) is 58.9 Å². The van der Waals surface area contributed by atoms with Gasteiger partial charge < -0.3 is 0 Å². The van der Waals surface area contributed by atoms with E-state index in [9.17, 15) is 0 Å². The lowest BCUT2D eigenvalue weighted by molar-refractivity contribution is 0.544. The van der Waals surface area contributed by atoms with Gasteiger partial charge in [0.2, 0.25) is 0 Å². The van der Waals surface area contributed by atoms with E-state index in [1.165, 1.54) is 4.90 Å². The third-order valence-electron chi connectivity index (χ3n) is 1.73. The predicted molar refractivity (Wildman–Crippen MR) is 70.0 cm³/mol. The molecule has 0 aromatic heterocycles. The predicted octanol–water partition coefficient (Wildman–Crippen LogP) is 4.89. The maximum Gasteiger partial charge on any atom is 0.0116 e. The molecule has 0 atom stereocenters. The molecule has 80 valence electrons. The van der Waals surface area contributed by atoms with Crippen molar-refractivity contribution in [1.82, 2.24) is 0 Å². The summed E-state index contributed by atoms with van der Waals surface area (Å²) in [6, 6.07) is 10.4. The summed E-state index contributed by atoms with van der Waals surface area (Å²) in [6.45, 7) is 6.59. The Labute approximate surface area is 97.1 Å². The molecule has 1 aromatic rings. The summed E-state index contributed by atoms with van der Waals surface area (Å²) in [5.41, 5.74) is 0.266. The molecular formula is C14H18S. The van der Waals surface area contributed by atoms with E-state index >= 15 is 0 Å². The second-order valence-electron chi connectivity index (χ2n) is 4.48. The smallest absolute Gasteiger partial charge is 0.0116 e. The standard InChI is InChI=1S/C14H18S/c1-14(2,3)11-7-8-12-15-13-9-5-4-6-10-13/h4-12H,1-3H3/b11-7+,12-8+. The first-order valence-corrected chi connectivity index (χ1v) is 6.02. The molecule has 0 nitrogen and oxygen atoms in total. The van der Waals surface area contributed by atoms with Crippen molar-refractivity contribution in [3.8, 4) is 0 Å². The maximum absolute atomic E-state index is 2.20. The number of thioether (sulfide) groups is 1. The van der Waals surface area contributed by atoms with Gasteiger partial charge in [0.25, 0.3) is 0 Å². The third-order valence-corrected chi connectivity index (χ3v) is 2.57. The molecule has 0 aliphatic rings. The number of benzene rings is 1. The first-order chi connectivity index (χ1) is 7.08. The van der Waals surface area contributed by atoms with E-state index in [4.69, 9.17) is 0 Å². The molecule has 0 aliphatic heterocycles. The van der Waals surface area contributed by atoms with Gasteiger partial charge in [-0.15, -0.1) is 0 Å². The van der Waals surface area contributed by atoms with Crippen LogP contribution in [-0.4, -0.2) is 0 Å². The van der Waals surface area contributed by atoms with Crippen molar-refractivity contribution in [3.05, 3.63) is 54.0 Å². The fourth-order valence-electron chi connectivity index (χ4n) is 1.01. The molecule has 0 saturated heterocycles. The average molecular weight is 218 g/mol. The van der Waals surface area contributed by atoms with Gasteiger partial charge in [-0.3, -0.25) is 0 Å². The van der Waals surface area contributed by atoms with Gasteiger partial charge in [-0.25, -0.2) is 0 Å². The molecule has 0 N–H and O–H groups in total. The van der Waals surface area contributed by atoms with Crippen molar-refractivity contribution in [2.75, 3.05) is 0 Å². The highest BCUT2D eigenvalue weighted by Gasteiger charge is 2.01. The van der Waals surface area contributed by atoms with Crippen LogP contribution in [0.3, 0.4) is 0 Å². The van der Waals surface area contributed by atoms with Gasteiger partial charge in [0, 0.05) is 4.90 Å². The van der Waals surface area contributed by atoms with Crippen LogP contribution in [-0.2, 0) is 0 Å². The molecule has 0 saturated carbocycles. The number of allylic oxidation sites excluding steroid dienone is 3. The SMILES string of the molecule is CC(C)(C)/C=C/C=C/Sc1ccccc1. The van der Waals surface area contributed by atoms with Crippen molar-refractivity contribution >= 4 is 11.8 Å². The summed E-state index contributed by atoms with van der Waals surface area (Å²) in [4.78, 5) is 1.28. The first kappa shape index (κ1) is 12.1. The first-order valence-electron chi connectivity index (χ1n) is 5.14. The molecule has 0 aliphatic carbocycles. The van der Waals surface area contributed by atoms with Crippen molar-refractivity contribution in [2.24, 2.45) is 5.41 Å². The molecule has 0 fully saturated rings. The molecular weight excluding hydrogens is 200 g/mol. The van der Waals surface area contributed by atoms with Crippen molar-refractivity contribution in [2.45, 2.75) is 25.7 Å². The van der Waals surface area contributed by atoms with E-state index in [-0.39, 0.29) is 5.41 Å². The van der Waals surface area contributed by atoms with Crippen LogP contribution in [0.4, 0.5) is 0 Å². The van der Waals surface area contributed by atoms with Gasteiger partial charge in [-0.05, 0) is 23.0 Å². The topological polar surface area (TPSA) is 0 Å². The minimum atomic E-state index is 0.266. The molecule has 0 spiro atoms. The highest BCUT2D eigenvalue weighted by atomic mass is 32.2. The Bertz CT molecular complexity index is 328. The Morgan fingerprint density at radius 3 is 2.27 bits per heavy atom. The zero-order chi connectivity index (χ0) is 11.1. The lowest BCUT2D eigenvalue weighted by Crippen LogP contribution is -1.97. The lowest BCUT2D eigenvalue weighted by Gasteiger charge is -2.09. The Morgan fingerprint density at radius 2 is 1.67 bits per heavy atom. The molecule has 0 radical (unpaired) electrons. The summed E-state index contributed by atoms with van der Waals surface area (Å²) in [5, 5.41) is 2.11. The van der Waals surface area contributed by atoms with E-state index in [2.05, 4.69) is 68.7 Å². The fraction of sp³-hybridized carbons (Fsp3) is 0.286. The lowest BCUT2D eigenvalue weighted by atomic mass is 9.96. The van der Waals surface area contributed by atoms with Crippen LogP contribution in [0, 0.1) is 5.41 Å². The average Bonchev–Trinajstić information content (AvgIpc) is 2.17. The van der Waals surface area contributed by atoms with Crippen LogP contribution in [0.5, 0.6) is 0 Å². The molecule has 1 aromatic carbocycles. The number of hydrogen-bond donors (Lipinski definition) is 0. The minimum Gasteiger partial charge on any atom is -0.0981 e. The van der Waals surface area contributed by atoms with Crippen LogP contribution >= 0.6 is 11.8 Å². The molecule has 0 heterocycles. The molecule has 1 rings (SSSR count). The summed E-state index contributed by atoms with van der Waals surface area (Å²) in [7, 11) is 0. The van der Waals surface area contributed by atoms with Crippen LogP contribution in [0.2, 0.25) is 0 Å². The summed E-state index contributed by atoms with van der Waals surface area (Å²) in [5.74, 6) is 0. The minimum absolute atomic E-state index is 0.266. The monoisotopic (exact) mass is 218 g/mol. The van der Waals surface area contributed by atoms with Crippen LogP contribution < -0.4 is 0 Å². The summed E-state index contributed by atoms with van der Waals surface area (Å²) >= 11 is 1.74. The van der Waals surface area contributed by atoms with E-state index < -0.39 is 0 Å². The Hall–Kier alpha value is -0.950. The molecule has 1 heteroatoms. The van der Waals surface area contributed by atoms with Crippen LogP contribution in [0.25, 0.3) is 0 Å². The van der Waals surface area contributed by atoms with E-state index in [1.54, 1.807) is 11.8 Å². The Kier molecular flexibility index (Phi) is 4.70. The molecule has 15 heavy (non-hydrogen) atoms. The Balaban J connectivity index is 2.38. The van der Waals surface area contributed by atoms with Gasteiger partial charge in [0.05, 0.1) is 0 Å². The van der Waals surface area contributed by atoms with Crippen LogP contribution in [0.1, 0.15) is 20.8 Å². The zero-order valence-electron chi connectivity index (χ0n) is 9.60. The van der Waals surface area contributed by atoms with Crippen molar-refractivity contribution in [1.29, 1.82) is 0 Å². The highest BCUT2D eigenvalue weighted by Crippen LogP contribution is 2.18. The second kappa shape index (κ2) is 5.82. The highest BCUT2D eigenvalue weighted by molar-refractivity contribution is 8.02. The largest absolute Gasteiger partial charge is 0.0981 e. The molecule has 0 unspecified atom stereocenters. The number of hydrogen-bond acceptors (Lipinski definition) is 1. The number of rotatable bonds is 3. The molecule has 0 bridgehead atoms. The fourth-order valence-corrected chi connectivity index (χ4v) is 1.65. The summed E-state index contributed by atoms with van der Waals surface area (Å²) < 4.78 is 0. The molecule has 0 amide bonds. The normalized spacial score (nSPS) is 12.7. The second-order valence-corrected chi connectivity index (χ2v) is 5.46. The maximum atomic E-state index is 2.20. The van der Waals surface area contributed by atoms with E-state index in [1.807, 2.05) is 6.07 Å². The van der Waals surface area contributed by atoms with Gasteiger partial charge in [0.15, 0.2) is 0 Å². The van der Waals surface area contributed by atoms with Gasteiger partial charge in [-0.1, -0.05) is 69.0 Å².